The largest absolute Gasteiger partial charge is 0.0625 e. The van der Waals surface area contributed by atoms with Crippen LogP contribution in [-0.2, 0) is 0 Å². The van der Waals surface area contributed by atoms with Gasteiger partial charge in [0.2, 0.25) is 0 Å². The highest BCUT2D eigenvalue weighted by Gasteiger charge is 2.24. The van der Waals surface area contributed by atoms with E-state index in [4.69, 9.17) is 0 Å². The van der Waals surface area contributed by atoms with Crippen LogP contribution >= 0.6 is 0 Å². The second-order valence-corrected chi connectivity index (χ2v) is 5.26. The maximum absolute atomic E-state index is 2.36. The van der Waals surface area contributed by atoms with Crippen molar-refractivity contribution in [3.05, 3.63) is 35.9 Å². The van der Waals surface area contributed by atoms with E-state index in [-0.39, 0.29) is 0 Å². The van der Waals surface area contributed by atoms with Crippen LogP contribution in [0.4, 0.5) is 0 Å². The summed E-state index contributed by atoms with van der Waals surface area (Å²) >= 11 is 0. The zero-order chi connectivity index (χ0) is 11.4. The zero-order valence-corrected chi connectivity index (χ0v) is 10.7. The number of hydrogen-bond donors (Lipinski definition) is 0. The molecule has 1 unspecified atom stereocenters. The summed E-state index contributed by atoms with van der Waals surface area (Å²) in [5.41, 5.74) is 1.48. The summed E-state index contributed by atoms with van der Waals surface area (Å²) < 4.78 is 0. The molecule has 1 aromatic rings. The van der Waals surface area contributed by atoms with Crippen molar-refractivity contribution in [2.75, 3.05) is 0 Å². The van der Waals surface area contributed by atoms with Crippen molar-refractivity contribution in [1.82, 2.24) is 0 Å². The van der Waals surface area contributed by atoms with Gasteiger partial charge in [-0.05, 0) is 29.2 Å². The van der Waals surface area contributed by atoms with Crippen LogP contribution in [0, 0.1) is 17.8 Å². The van der Waals surface area contributed by atoms with Crippen LogP contribution in [0.1, 0.15) is 46.1 Å². The van der Waals surface area contributed by atoms with E-state index in [9.17, 15) is 0 Å². The van der Waals surface area contributed by atoms with Gasteiger partial charge in [0.25, 0.3) is 0 Å². The molecule has 0 aliphatic rings. The second-order valence-electron chi connectivity index (χ2n) is 5.26. The minimum absolute atomic E-state index is 0.659. The molecule has 0 heterocycles. The Labute approximate surface area is 94.7 Å². The lowest BCUT2D eigenvalue weighted by molar-refractivity contribution is 0.247. The van der Waals surface area contributed by atoms with Gasteiger partial charge in [0.05, 0.1) is 0 Å². The molecule has 15 heavy (non-hydrogen) atoms. The van der Waals surface area contributed by atoms with E-state index in [0.29, 0.717) is 5.92 Å². The van der Waals surface area contributed by atoms with Crippen molar-refractivity contribution in [2.24, 2.45) is 17.8 Å². The fourth-order valence-electron chi connectivity index (χ4n) is 2.90. The van der Waals surface area contributed by atoms with Gasteiger partial charge in [0.15, 0.2) is 0 Å². The molecule has 0 heteroatoms. The number of rotatable bonds is 4. The molecule has 0 spiro atoms. The van der Waals surface area contributed by atoms with Crippen molar-refractivity contribution in [1.29, 1.82) is 0 Å². The lowest BCUT2D eigenvalue weighted by Gasteiger charge is -2.31. The Morgan fingerprint density at radius 2 is 1.20 bits per heavy atom. The standard InChI is InChI=1S/C15H24/c1-11(2)15(12(3)4)13(5)14-9-7-6-8-10-14/h6-13,15H,1-5H3. The molecular formula is C15H24. The molecule has 0 amide bonds. The second kappa shape index (κ2) is 5.34. The Balaban J connectivity index is 2.86. The highest BCUT2D eigenvalue weighted by Crippen LogP contribution is 2.35. The number of benzene rings is 1. The third kappa shape index (κ3) is 3.09. The van der Waals surface area contributed by atoms with Crippen molar-refractivity contribution in [2.45, 2.75) is 40.5 Å². The topological polar surface area (TPSA) is 0 Å². The minimum Gasteiger partial charge on any atom is -0.0625 e. The van der Waals surface area contributed by atoms with Crippen LogP contribution < -0.4 is 0 Å². The van der Waals surface area contributed by atoms with Crippen LogP contribution in [-0.4, -0.2) is 0 Å². The molecule has 84 valence electrons. The Morgan fingerprint density at radius 1 is 0.733 bits per heavy atom. The zero-order valence-electron chi connectivity index (χ0n) is 10.7. The van der Waals surface area contributed by atoms with Crippen LogP contribution in [0.3, 0.4) is 0 Å². The monoisotopic (exact) mass is 204 g/mol. The normalized spacial score (nSPS) is 13.9. The maximum Gasteiger partial charge on any atom is -0.0157 e. The summed E-state index contributed by atoms with van der Waals surface area (Å²) in [6.45, 7) is 11.7. The predicted molar refractivity (Wildman–Crippen MR) is 68.0 cm³/mol. The van der Waals surface area contributed by atoms with Crippen LogP contribution in [0.5, 0.6) is 0 Å². The molecule has 0 bridgehead atoms. The lowest BCUT2D eigenvalue weighted by atomic mass is 9.74. The van der Waals surface area contributed by atoms with E-state index in [1.54, 1.807) is 0 Å². The van der Waals surface area contributed by atoms with Crippen molar-refractivity contribution in [3.63, 3.8) is 0 Å². The van der Waals surface area contributed by atoms with E-state index in [1.807, 2.05) is 0 Å². The van der Waals surface area contributed by atoms with Gasteiger partial charge in [-0.3, -0.25) is 0 Å². The van der Waals surface area contributed by atoms with Crippen LogP contribution in [0.2, 0.25) is 0 Å². The van der Waals surface area contributed by atoms with E-state index >= 15 is 0 Å². The van der Waals surface area contributed by atoms with Gasteiger partial charge in [0, 0.05) is 0 Å². The van der Waals surface area contributed by atoms with Crippen molar-refractivity contribution < 1.29 is 0 Å². The first-order valence-electron chi connectivity index (χ1n) is 6.09. The van der Waals surface area contributed by atoms with E-state index in [1.165, 1.54) is 5.56 Å². The summed E-state index contributed by atoms with van der Waals surface area (Å²) in [7, 11) is 0. The molecule has 1 rings (SSSR count). The molecule has 0 aromatic heterocycles. The molecule has 0 saturated heterocycles. The lowest BCUT2D eigenvalue weighted by Crippen LogP contribution is -2.22. The number of hydrogen-bond acceptors (Lipinski definition) is 0. The summed E-state index contributed by atoms with van der Waals surface area (Å²) in [5, 5.41) is 0. The molecule has 0 nitrogen and oxygen atoms in total. The quantitative estimate of drug-likeness (QED) is 0.666. The first-order chi connectivity index (χ1) is 7.04. The Morgan fingerprint density at radius 3 is 1.60 bits per heavy atom. The highest BCUT2D eigenvalue weighted by atomic mass is 14.3. The molecule has 0 radical (unpaired) electrons. The van der Waals surface area contributed by atoms with Gasteiger partial charge < -0.3 is 0 Å². The maximum atomic E-state index is 2.36. The first-order valence-corrected chi connectivity index (χ1v) is 6.09. The van der Waals surface area contributed by atoms with Crippen molar-refractivity contribution in [3.8, 4) is 0 Å². The highest BCUT2D eigenvalue weighted by molar-refractivity contribution is 5.19. The average molecular weight is 204 g/mol. The smallest absolute Gasteiger partial charge is 0.0157 e. The Hall–Kier alpha value is -0.780. The third-order valence-electron chi connectivity index (χ3n) is 3.44. The van der Waals surface area contributed by atoms with E-state index in [2.05, 4.69) is 65.0 Å². The molecule has 0 N–H and O–H groups in total. The summed E-state index contributed by atoms with van der Waals surface area (Å²) in [6, 6.07) is 10.9. The van der Waals surface area contributed by atoms with Crippen molar-refractivity contribution >= 4 is 0 Å². The summed E-state index contributed by atoms with van der Waals surface area (Å²) in [5.74, 6) is 2.93. The van der Waals surface area contributed by atoms with E-state index in [0.717, 1.165) is 17.8 Å². The third-order valence-corrected chi connectivity index (χ3v) is 3.44. The fourth-order valence-corrected chi connectivity index (χ4v) is 2.90. The molecule has 0 aliphatic heterocycles. The minimum atomic E-state index is 0.659. The molecule has 1 atom stereocenters. The van der Waals surface area contributed by atoms with Gasteiger partial charge in [-0.1, -0.05) is 65.0 Å². The average Bonchev–Trinajstić information content (AvgIpc) is 2.18. The Bertz CT molecular complexity index is 263. The summed E-state index contributed by atoms with van der Waals surface area (Å²) in [4.78, 5) is 0. The molecule has 1 aromatic carbocycles. The van der Waals surface area contributed by atoms with Gasteiger partial charge in [0.1, 0.15) is 0 Å². The predicted octanol–water partition coefficient (Wildman–Crippen LogP) is 4.72. The first kappa shape index (κ1) is 12.3. The van der Waals surface area contributed by atoms with Gasteiger partial charge in [-0.15, -0.1) is 0 Å². The van der Waals surface area contributed by atoms with E-state index < -0.39 is 0 Å². The fraction of sp³-hybridized carbons (Fsp3) is 0.600. The SMILES string of the molecule is CC(C)C(C(C)C)C(C)c1ccccc1. The molecule has 0 saturated carbocycles. The molecular weight excluding hydrogens is 180 g/mol. The molecule has 0 fully saturated rings. The molecule has 0 aliphatic carbocycles. The summed E-state index contributed by atoms with van der Waals surface area (Å²) in [6.07, 6.45) is 0. The van der Waals surface area contributed by atoms with Gasteiger partial charge >= 0.3 is 0 Å². The van der Waals surface area contributed by atoms with Crippen LogP contribution in [0.15, 0.2) is 30.3 Å². The van der Waals surface area contributed by atoms with Gasteiger partial charge in [-0.25, -0.2) is 0 Å². The Kier molecular flexibility index (Phi) is 4.38. The van der Waals surface area contributed by atoms with Crippen LogP contribution in [0.25, 0.3) is 0 Å². The van der Waals surface area contributed by atoms with Gasteiger partial charge in [-0.2, -0.15) is 0 Å².